The molecule has 39 heavy (non-hydrogen) atoms. The average Bonchev–Trinajstić information content (AvgIpc) is 3.66. The topological polar surface area (TPSA) is 91.2 Å². The summed E-state index contributed by atoms with van der Waals surface area (Å²) in [4.78, 5) is 17.1. The Bertz CT molecular complexity index is 1390. The number of nitrogens with one attached hydrogen (secondary N) is 1. The summed E-state index contributed by atoms with van der Waals surface area (Å²) in [6, 6.07) is 3.69. The maximum atomic E-state index is 13.2. The first kappa shape index (κ1) is 27.3. The number of hydrogen-bond acceptors (Lipinski definition) is 8. The van der Waals surface area contributed by atoms with Gasteiger partial charge in [-0.3, -0.25) is 9.69 Å². The van der Waals surface area contributed by atoms with Crippen molar-refractivity contribution in [3.05, 3.63) is 57.9 Å². The first-order valence-electron chi connectivity index (χ1n) is 11.5. The molecule has 0 saturated carbocycles. The summed E-state index contributed by atoms with van der Waals surface area (Å²) in [5.74, 6) is 0.127. The number of rotatable bonds is 6. The molecule has 1 unspecified atom stereocenters. The second-order valence-corrected chi connectivity index (χ2v) is 10.5. The van der Waals surface area contributed by atoms with Crippen molar-refractivity contribution in [2.24, 2.45) is 0 Å². The maximum absolute atomic E-state index is 13.2. The average molecular weight is 589 g/mol. The van der Waals surface area contributed by atoms with Gasteiger partial charge in [0.25, 0.3) is 5.91 Å². The predicted octanol–water partition coefficient (Wildman–Crippen LogP) is 5.02. The molecule has 2 aromatic heterocycles. The molecule has 5 rings (SSSR count). The summed E-state index contributed by atoms with van der Waals surface area (Å²) in [5, 5.41) is 13.8. The molecule has 4 heterocycles. The van der Waals surface area contributed by atoms with Crippen LogP contribution in [0.25, 0.3) is 17.4 Å². The Morgan fingerprint density at radius 1 is 1.13 bits per heavy atom. The number of H-pyrrole nitrogens is 1. The molecule has 8 nitrogen and oxygen atoms in total. The molecule has 1 amide bonds. The second-order valence-electron chi connectivity index (χ2n) is 8.87. The van der Waals surface area contributed by atoms with Crippen LogP contribution in [0.5, 0.6) is 0 Å². The van der Waals surface area contributed by atoms with Crippen molar-refractivity contribution in [3.8, 4) is 11.3 Å². The van der Waals surface area contributed by atoms with Crippen molar-refractivity contribution in [3.63, 3.8) is 0 Å². The minimum Gasteiger partial charge on any atom is -0.457 e. The molecule has 3 aromatic rings. The van der Waals surface area contributed by atoms with Crippen LogP contribution in [0.1, 0.15) is 29.1 Å². The fourth-order valence-electron chi connectivity index (χ4n) is 4.38. The number of carbonyl (C=O) groups excluding carboxylic acids is 1. The van der Waals surface area contributed by atoms with Crippen LogP contribution in [0.4, 0.5) is 26.3 Å². The third-order valence-electron chi connectivity index (χ3n) is 6.25. The Morgan fingerprint density at radius 2 is 1.85 bits per heavy atom. The first-order valence-corrected chi connectivity index (χ1v) is 12.7. The number of likely N-dealkylation sites (tertiary alicyclic amines) is 1. The number of thioether (sulfide) groups is 1. The van der Waals surface area contributed by atoms with E-state index in [1.807, 2.05) is 0 Å². The number of thiocarbonyl (C=S) groups is 1. The fraction of sp³-hybridized carbons (Fsp3) is 0.348. The Hall–Kier alpha value is -3.24. The number of carbonyl (C=O) groups is 1. The minimum absolute atomic E-state index is 0.0497. The SMILES string of the molecule is O=C1/C(=C/c2ccc(-c3cc(C(F)(F)F)cc(C(F)(F)F)c3)o2)SC(=S)N1C1CCN(CCc2nn[nH]n2)C1. The number of benzene rings is 1. The van der Waals surface area contributed by atoms with Crippen LogP contribution in [0, 0.1) is 0 Å². The van der Waals surface area contributed by atoms with Gasteiger partial charge in [0, 0.05) is 37.7 Å². The summed E-state index contributed by atoms with van der Waals surface area (Å²) < 4.78 is 85.2. The quantitative estimate of drug-likeness (QED) is 0.244. The normalized spacial score (nSPS) is 20.1. The van der Waals surface area contributed by atoms with Crippen LogP contribution in [0.15, 0.2) is 39.7 Å². The van der Waals surface area contributed by atoms with Crippen molar-refractivity contribution in [1.29, 1.82) is 0 Å². The molecule has 0 bridgehead atoms. The summed E-state index contributed by atoms with van der Waals surface area (Å²) in [5.41, 5.74) is -3.29. The number of halogens is 6. The van der Waals surface area contributed by atoms with Crippen LogP contribution in [-0.2, 0) is 23.6 Å². The van der Waals surface area contributed by atoms with Crippen molar-refractivity contribution < 1.29 is 35.6 Å². The highest BCUT2D eigenvalue weighted by Gasteiger charge is 2.40. The van der Waals surface area contributed by atoms with Crippen LogP contribution in [0.3, 0.4) is 0 Å². The highest BCUT2D eigenvalue weighted by molar-refractivity contribution is 8.26. The van der Waals surface area contributed by atoms with Crippen molar-refractivity contribution >= 4 is 40.3 Å². The minimum atomic E-state index is -4.98. The van der Waals surface area contributed by atoms with Gasteiger partial charge in [-0.05, 0) is 36.8 Å². The monoisotopic (exact) mass is 588 g/mol. The van der Waals surface area contributed by atoms with E-state index in [1.165, 1.54) is 23.1 Å². The maximum Gasteiger partial charge on any atom is 0.416 e. The zero-order chi connectivity index (χ0) is 27.9. The number of furan rings is 1. The molecule has 1 atom stereocenters. The molecular formula is C23H18F6N6O2S2. The van der Waals surface area contributed by atoms with Gasteiger partial charge < -0.3 is 9.32 Å². The number of hydrogen-bond donors (Lipinski definition) is 1. The van der Waals surface area contributed by atoms with E-state index in [1.54, 1.807) is 0 Å². The van der Waals surface area contributed by atoms with Crippen molar-refractivity contribution in [2.45, 2.75) is 31.2 Å². The highest BCUT2D eigenvalue weighted by atomic mass is 32.2. The molecule has 206 valence electrons. The highest BCUT2D eigenvalue weighted by Crippen LogP contribution is 2.40. The first-order chi connectivity index (χ1) is 18.4. The number of amides is 1. The molecule has 2 saturated heterocycles. The van der Waals surface area contributed by atoms with E-state index in [0.717, 1.165) is 18.3 Å². The van der Waals surface area contributed by atoms with Gasteiger partial charge in [0.2, 0.25) is 0 Å². The number of aromatic amines is 1. The molecule has 0 aliphatic carbocycles. The lowest BCUT2D eigenvalue weighted by Crippen LogP contribution is -2.40. The number of alkyl halides is 6. The zero-order valence-electron chi connectivity index (χ0n) is 19.7. The van der Waals surface area contributed by atoms with Crippen molar-refractivity contribution in [1.82, 2.24) is 30.4 Å². The summed E-state index contributed by atoms with van der Waals surface area (Å²) >= 11 is 6.48. The van der Waals surface area contributed by atoms with Crippen molar-refractivity contribution in [2.75, 3.05) is 19.6 Å². The lowest BCUT2D eigenvalue weighted by atomic mass is 10.0. The molecular weight excluding hydrogens is 570 g/mol. The standard InChI is InChI=1S/C23H18F6N6O2S2/c24-22(25,26)13-7-12(8-14(9-13)23(27,28)29)17-2-1-16(37-17)10-18-20(36)35(21(38)39-18)15-3-5-34(11-15)6-4-19-30-32-33-31-19/h1-2,7-10,15H,3-6,11H2,(H,30,31,32,33)/b18-10-. The fourth-order valence-corrected chi connectivity index (χ4v) is 5.76. The summed E-state index contributed by atoms with van der Waals surface area (Å²) in [6.45, 7) is 2.03. The zero-order valence-corrected chi connectivity index (χ0v) is 21.3. The summed E-state index contributed by atoms with van der Waals surface area (Å²) in [7, 11) is 0. The van der Waals surface area contributed by atoms with E-state index < -0.39 is 29.0 Å². The molecule has 0 spiro atoms. The third-order valence-corrected chi connectivity index (χ3v) is 7.58. The molecule has 1 N–H and O–H groups in total. The van der Waals surface area contributed by atoms with Crippen LogP contribution >= 0.6 is 24.0 Å². The van der Waals surface area contributed by atoms with E-state index in [9.17, 15) is 31.1 Å². The Kier molecular flexibility index (Phi) is 7.28. The molecule has 2 aliphatic rings. The number of aromatic nitrogens is 4. The Balaban J connectivity index is 1.31. The van der Waals surface area contributed by atoms with Gasteiger partial charge in [0.05, 0.1) is 22.1 Å². The summed E-state index contributed by atoms with van der Waals surface area (Å²) in [6.07, 6.45) is -7.29. The van der Waals surface area contributed by atoms with Crippen LogP contribution in [-0.4, -0.2) is 66.3 Å². The lowest BCUT2D eigenvalue weighted by Gasteiger charge is -2.23. The van der Waals surface area contributed by atoms with E-state index in [2.05, 4.69) is 25.5 Å². The largest absolute Gasteiger partial charge is 0.457 e. The molecule has 2 fully saturated rings. The van der Waals surface area contributed by atoms with Gasteiger partial charge in [-0.2, -0.15) is 31.6 Å². The van der Waals surface area contributed by atoms with Gasteiger partial charge in [-0.1, -0.05) is 29.2 Å². The van der Waals surface area contributed by atoms with Gasteiger partial charge in [-0.15, -0.1) is 10.2 Å². The molecule has 16 heteroatoms. The van der Waals surface area contributed by atoms with E-state index in [4.69, 9.17) is 16.6 Å². The molecule has 1 aromatic carbocycles. The smallest absolute Gasteiger partial charge is 0.416 e. The molecule has 2 aliphatic heterocycles. The predicted molar refractivity (Wildman–Crippen MR) is 132 cm³/mol. The van der Waals surface area contributed by atoms with Crippen LogP contribution in [0.2, 0.25) is 0 Å². The van der Waals surface area contributed by atoms with E-state index in [0.29, 0.717) is 48.2 Å². The van der Waals surface area contributed by atoms with E-state index in [-0.39, 0.29) is 34.4 Å². The van der Waals surface area contributed by atoms with Gasteiger partial charge >= 0.3 is 12.4 Å². The Morgan fingerprint density at radius 3 is 2.49 bits per heavy atom. The number of tetrazole rings is 1. The van der Waals surface area contributed by atoms with Gasteiger partial charge in [0.15, 0.2) is 5.82 Å². The van der Waals surface area contributed by atoms with Gasteiger partial charge in [0.1, 0.15) is 15.8 Å². The van der Waals surface area contributed by atoms with Crippen LogP contribution < -0.4 is 0 Å². The molecule has 0 radical (unpaired) electrons. The number of nitrogens with zero attached hydrogens (tertiary/aromatic N) is 5. The van der Waals surface area contributed by atoms with E-state index >= 15 is 0 Å². The van der Waals surface area contributed by atoms with Gasteiger partial charge in [-0.25, -0.2) is 0 Å². The Labute approximate surface area is 226 Å². The third kappa shape index (κ3) is 6.01. The second kappa shape index (κ2) is 10.4. The lowest BCUT2D eigenvalue weighted by molar-refractivity contribution is -0.143.